The minimum Gasteiger partial charge on any atom is -0.507 e. The van der Waals surface area contributed by atoms with Crippen molar-refractivity contribution in [1.82, 2.24) is 0 Å². The molecule has 0 aliphatic heterocycles. The molecular formula is C30H34O5. The molecule has 1 aromatic heterocycles. The van der Waals surface area contributed by atoms with Gasteiger partial charge < -0.3 is 19.4 Å². The summed E-state index contributed by atoms with van der Waals surface area (Å²) in [6, 6.07) is 6.82. The molecule has 0 fully saturated rings. The lowest BCUT2D eigenvalue weighted by atomic mass is 9.98. The molecule has 0 atom stereocenters. The van der Waals surface area contributed by atoms with Gasteiger partial charge >= 0.3 is 0 Å². The molecule has 35 heavy (non-hydrogen) atoms. The number of benzene rings is 2. The number of aromatic hydroxyl groups is 2. The SMILES string of the molecule is CC(C)=CCOc1ccc(-c2coc3c(CC=C(C)C)c(O)cc(O)c3c2=O)cc1CC=C(C)C. The van der Waals surface area contributed by atoms with E-state index in [1.54, 1.807) is 0 Å². The van der Waals surface area contributed by atoms with Gasteiger partial charge in [-0.05, 0) is 83.7 Å². The van der Waals surface area contributed by atoms with E-state index in [2.05, 4.69) is 6.08 Å². The second kappa shape index (κ2) is 11.1. The molecule has 3 aromatic rings. The zero-order chi connectivity index (χ0) is 25.7. The number of fused-ring (bicyclic) bond motifs is 1. The fourth-order valence-corrected chi connectivity index (χ4v) is 3.69. The van der Waals surface area contributed by atoms with Crippen LogP contribution in [0.2, 0.25) is 0 Å². The van der Waals surface area contributed by atoms with Gasteiger partial charge in [0, 0.05) is 11.6 Å². The first kappa shape index (κ1) is 25.9. The van der Waals surface area contributed by atoms with Crippen molar-refractivity contribution in [3.63, 3.8) is 0 Å². The van der Waals surface area contributed by atoms with E-state index in [0.29, 0.717) is 36.1 Å². The number of phenolic OH excluding ortho intramolecular Hbond substituents is 2. The summed E-state index contributed by atoms with van der Waals surface area (Å²) < 4.78 is 11.8. The largest absolute Gasteiger partial charge is 0.507 e. The van der Waals surface area contributed by atoms with Gasteiger partial charge in [-0.25, -0.2) is 0 Å². The first-order valence-electron chi connectivity index (χ1n) is 11.7. The highest BCUT2D eigenvalue weighted by molar-refractivity contribution is 5.91. The first-order valence-corrected chi connectivity index (χ1v) is 11.7. The van der Waals surface area contributed by atoms with Crippen LogP contribution in [0, 0.1) is 0 Å². The van der Waals surface area contributed by atoms with Crippen LogP contribution in [-0.2, 0) is 12.8 Å². The molecule has 0 saturated carbocycles. The number of hydrogen-bond donors (Lipinski definition) is 2. The maximum atomic E-state index is 13.5. The summed E-state index contributed by atoms with van der Waals surface area (Å²) in [4.78, 5) is 13.5. The summed E-state index contributed by atoms with van der Waals surface area (Å²) in [5.41, 5.74) is 5.70. The molecule has 0 spiro atoms. The molecule has 0 bridgehead atoms. The topological polar surface area (TPSA) is 79.9 Å². The summed E-state index contributed by atoms with van der Waals surface area (Å²) in [5.74, 6) is 0.344. The number of rotatable bonds is 8. The molecule has 184 valence electrons. The number of ether oxygens (including phenoxy) is 1. The molecule has 0 aliphatic rings. The fourth-order valence-electron chi connectivity index (χ4n) is 3.69. The van der Waals surface area contributed by atoms with Crippen molar-refractivity contribution in [3.8, 4) is 28.4 Å². The minimum absolute atomic E-state index is 0.0622. The van der Waals surface area contributed by atoms with E-state index in [1.165, 1.54) is 23.5 Å². The quantitative estimate of drug-likeness (QED) is 0.337. The Morgan fingerprint density at radius 1 is 0.886 bits per heavy atom. The van der Waals surface area contributed by atoms with Crippen LogP contribution in [0.15, 0.2) is 74.7 Å². The number of allylic oxidation sites excluding steroid dienone is 5. The zero-order valence-corrected chi connectivity index (χ0v) is 21.4. The monoisotopic (exact) mass is 474 g/mol. The van der Waals surface area contributed by atoms with Crippen molar-refractivity contribution < 1.29 is 19.4 Å². The van der Waals surface area contributed by atoms with Crippen LogP contribution in [0.25, 0.3) is 22.1 Å². The van der Waals surface area contributed by atoms with Crippen LogP contribution in [0.5, 0.6) is 17.2 Å². The third kappa shape index (κ3) is 6.24. The van der Waals surface area contributed by atoms with E-state index in [0.717, 1.165) is 16.9 Å². The van der Waals surface area contributed by atoms with Gasteiger partial charge in [0.25, 0.3) is 0 Å². The van der Waals surface area contributed by atoms with Crippen LogP contribution in [0.4, 0.5) is 0 Å². The van der Waals surface area contributed by atoms with Crippen LogP contribution in [0.3, 0.4) is 0 Å². The Labute approximate surface area is 206 Å². The molecule has 0 radical (unpaired) electrons. The molecular weight excluding hydrogens is 440 g/mol. The van der Waals surface area contributed by atoms with Crippen LogP contribution < -0.4 is 10.2 Å². The molecule has 0 amide bonds. The Hall–Kier alpha value is -3.73. The van der Waals surface area contributed by atoms with Crippen molar-refractivity contribution >= 4 is 11.0 Å². The van der Waals surface area contributed by atoms with Crippen LogP contribution >= 0.6 is 0 Å². The van der Waals surface area contributed by atoms with E-state index >= 15 is 0 Å². The van der Waals surface area contributed by atoms with E-state index < -0.39 is 0 Å². The smallest absolute Gasteiger partial charge is 0.204 e. The Morgan fingerprint density at radius 3 is 2.20 bits per heavy atom. The summed E-state index contributed by atoms with van der Waals surface area (Å²) in [6.45, 7) is 12.5. The van der Waals surface area contributed by atoms with E-state index in [9.17, 15) is 15.0 Å². The van der Waals surface area contributed by atoms with Gasteiger partial charge in [-0.3, -0.25) is 4.79 Å². The van der Waals surface area contributed by atoms with Gasteiger partial charge in [0.1, 0.15) is 41.1 Å². The summed E-state index contributed by atoms with van der Waals surface area (Å²) in [5, 5.41) is 21.0. The van der Waals surface area contributed by atoms with Gasteiger partial charge in [-0.2, -0.15) is 0 Å². The third-order valence-electron chi connectivity index (χ3n) is 5.65. The Balaban J connectivity index is 2.14. The molecule has 2 N–H and O–H groups in total. The lowest BCUT2D eigenvalue weighted by Crippen LogP contribution is -2.07. The van der Waals surface area contributed by atoms with Gasteiger partial charge in [-0.15, -0.1) is 0 Å². The van der Waals surface area contributed by atoms with Crippen molar-refractivity contribution in [1.29, 1.82) is 0 Å². The molecule has 0 aliphatic carbocycles. The highest BCUT2D eigenvalue weighted by Crippen LogP contribution is 2.35. The van der Waals surface area contributed by atoms with E-state index in [1.807, 2.05) is 71.9 Å². The van der Waals surface area contributed by atoms with Gasteiger partial charge in [-0.1, -0.05) is 34.9 Å². The number of hydrogen-bond acceptors (Lipinski definition) is 5. The minimum atomic E-state index is -0.353. The summed E-state index contributed by atoms with van der Waals surface area (Å²) in [7, 11) is 0. The molecule has 5 heteroatoms. The van der Waals surface area contributed by atoms with Crippen molar-refractivity contribution in [3.05, 3.63) is 86.8 Å². The van der Waals surface area contributed by atoms with Crippen LogP contribution in [-0.4, -0.2) is 16.8 Å². The molecule has 3 rings (SSSR count). The molecule has 1 heterocycles. The van der Waals surface area contributed by atoms with Gasteiger partial charge in [0.15, 0.2) is 0 Å². The summed E-state index contributed by atoms with van der Waals surface area (Å²) >= 11 is 0. The van der Waals surface area contributed by atoms with Crippen molar-refractivity contribution in [2.75, 3.05) is 6.61 Å². The van der Waals surface area contributed by atoms with Gasteiger partial charge in [0.2, 0.25) is 5.43 Å². The first-order chi connectivity index (χ1) is 16.6. The average Bonchev–Trinajstić information content (AvgIpc) is 2.77. The molecule has 0 unspecified atom stereocenters. The lowest BCUT2D eigenvalue weighted by molar-refractivity contribution is 0.358. The Kier molecular flexibility index (Phi) is 8.23. The normalized spacial score (nSPS) is 10.7. The second-order valence-corrected chi connectivity index (χ2v) is 9.46. The maximum absolute atomic E-state index is 13.5. The predicted molar refractivity (Wildman–Crippen MR) is 142 cm³/mol. The summed E-state index contributed by atoms with van der Waals surface area (Å²) in [6.07, 6.45) is 8.51. The second-order valence-electron chi connectivity index (χ2n) is 9.46. The lowest BCUT2D eigenvalue weighted by Gasteiger charge is -2.13. The fraction of sp³-hybridized carbons (Fsp3) is 0.300. The Morgan fingerprint density at radius 2 is 1.54 bits per heavy atom. The van der Waals surface area contributed by atoms with Crippen molar-refractivity contribution in [2.45, 2.75) is 54.4 Å². The Bertz CT molecular complexity index is 1370. The molecule has 0 saturated heterocycles. The number of phenols is 2. The maximum Gasteiger partial charge on any atom is 0.204 e. The molecule has 2 aromatic carbocycles. The van der Waals surface area contributed by atoms with E-state index in [-0.39, 0.29) is 27.9 Å². The van der Waals surface area contributed by atoms with E-state index in [4.69, 9.17) is 9.15 Å². The average molecular weight is 475 g/mol. The van der Waals surface area contributed by atoms with Crippen molar-refractivity contribution in [2.24, 2.45) is 0 Å². The standard InChI is InChI=1S/C30H34O5/c1-18(2)7-9-22-15-21(10-12-27(22)34-14-13-20(5)6)24-17-35-30-23(11-8-19(3)4)25(31)16-26(32)28(30)29(24)33/h7-8,10,12-13,15-17,31-32H,9,11,14H2,1-6H3. The third-order valence-corrected chi connectivity index (χ3v) is 5.65. The highest BCUT2D eigenvalue weighted by atomic mass is 16.5. The predicted octanol–water partition coefficient (Wildman–Crippen LogP) is 7.23. The highest BCUT2D eigenvalue weighted by Gasteiger charge is 2.19. The van der Waals surface area contributed by atoms with Gasteiger partial charge in [0.05, 0.1) is 5.56 Å². The molecule has 5 nitrogen and oxygen atoms in total. The van der Waals surface area contributed by atoms with Crippen LogP contribution in [0.1, 0.15) is 52.7 Å². The zero-order valence-electron chi connectivity index (χ0n) is 21.4.